The van der Waals surface area contributed by atoms with Gasteiger partial charge in [0.1, 0.15) is 5.75 Å². The van der Waals surface area contributed by atoms with Gasteiger partial charge in [-0.2, -0.15) is 0 Å². The first-order chi connectivity index (χ1) is 13.7. The van der Waals surface area contributed by atoms with Gasteiger partial charge in [0, 0.05) is 38.3 Å². The van der Waals surface area contributed by atoms with Crippen molar-refractivity contribution in [3.8, 4) is 5.75 Å². The zero-order chi connectivity index (χ0) is 19.8. The first kappa shape index (κ1) is 24.1. The summed E-state index contributed by atoms with van der Waals surface area (Å²) in [6.45, 7) is 6.87. The standard InChI is InChI=1S/C22H37N5O.HI/c1-4-23-22(24-14-16-26(2)19-9-5-6-10-19)25-18-13-15-27(17-18)20-11-7-8-12-21(20)28-3;/h7-8,11-12,18-19H,4-6,9-10,13-17H2,1-3H3,(H2,23,24,25);1H. The lowest BCUT2D eigenvalue weighted by Gasteiger charge is -2.24. The van der Waals surface area contributed by atoms with E-state index in [-0.39, 0.29) is 24.0 Å². The molecule has 0 amide bonds. The van der Waals surface area contributed by atoms with Crippen LogP contribution in [0.1, 0.15) is 39.0 Å². The van der Waals surface area contributed by atoms with Crippen molar-refractivity contribution in [2.45, 2.75) is 51.1 Å². The molecule has 0 bridgehead atoms. The Morgan fingerprint density at radius 1 is 1.24 bits per heavy atom. The highest BCUT2D eigenvalue weighted by atomic mass is 127. The Morgan fingerprint density at radius 3 is 2.72 bits per heavy atom. The maximum atomic E-state index is 5.53. The lowest BCUT2D eigenvalue weighted by atomic mass is 10.2. The number of rotatable bonds is 8. The summed E-state index contributed by atoms with van der Waals surface area (Å²) >= 11 is 0. The second kappa shape index (κ2) is 12.5. The topological polar surface area (TPSA) is 52.1 Å². The molecule has 1 atom stereocenters. The number of benzene rings is 1. The number of para-hydroxylation sites is 2. The Labute approximate surface area is 193 Å². The summed E-state index contributed by atoms with van der Waals surface area (Å²) in [6.07, 6.45) is 6.56. The Hall–Kier alpha value is -1.22. The molecule has 164 valence electrons. The molecule has 2 aliphatic rings. The molecule has 2 fully saturated rings. The van der Waals surface area contributed by atoms with E-state index in [1.54, 1.807) is 7.11 Å². The molecule has 29 heavy (non-hydrogen) atoms. The van der Waals surface area contributed by atoms with Gasteiger partial charge in [0.05, 0.1) is 19.3 Å². The summed E-state index contributed by atoms with van der Waals surface area (Å²) in [7, 11) is 3.98. The lowest BCUT2D eigenvalue weighted by Crippen LogP contribution is -2.45. The summed E-state index contributed by atoms with van der Waals surface area (Å²) in [5.74, 6) is 1.88. The second-order valence-corrected chi connectivity index (χ2v) is 7.93. The van der Waals surface area contributed by atoms with Gasteiger partial charge in [-0.15, -0.1) is 24.0 Å². The highest BCUT2D eigenvalue weighted by molar-refractivity contribution is 14.0. The fourth-order valence-corrected chi connectivity index (χ4v) is 4.35. The van der Waals surface area contributed by atoms with E-state index in [1.165, 1.54) is 31.4 Å². The number of nitrogens with zero attached hydrogens (tertiary/aromatic N) is 3. The van der Waals surface area contributed by atoms with E-state index in [9.17, 15) is 0 Å². The molecular weight excluding hydrogens is 477 g/mol. The van der Waals surface area contributed by atoms with Crippen LogP contribution in [0.15, 0.2) is 29.3 Å². The number of hydrogen-bond donors (Lipinski definition) is 2. The van der Waals surface area contributed by atoms with Gasteiger partial charge in [0.2, 0.25) is 0 Å². The smallest absolute Gasteiger partial charge is 0.191 e. The molecule has 1 unspecified atom stereocenters. The number of ether oxygens (including phenoxy) is 1. The summed E-state index contributed by atoms with van der Waals surface area (Å²) in [5, 5.41) is 7.04. The van der Waals surface area contributed by atoms with Crippen LogP contribution in [0.5, 0.6) is 5.75 Å². The van der Waals surface area contributed by atoms with E-state index in [4.69, 9.17) is 9.73 Å². The van der Waals surface area contributed by atoms with Crippen molar-refractivity contribution in [1.82, 2.24) is 15.5 Å². The molecule has 2 N–H and O–H groups in total. The van der Waals surface area contributed by atoms with E-state index in [0.29, 0.717) is 6.04 Å². The minimum Gasteiger partial charge on any atom is -0.495 e. The SMILES string of the molecule is CCNC(=NCCN(C)C1CCCC1)NC1CCN(c2ccccc2OC)C1.I. The average Bonchev–Trinajstić information content (AvgIpc) is 3.40. The molecule has 6 nitrogen and oxygen atoms in total. The first-order valence-corrected chi connectivity index (χ1v) is 10.8. The molecule has 0 radical (unpaired) electrons. The quantitative estimate of drug-likeness (QED) is 0.316. The highest BCUT2D eigenvalue weighted by Gasteiger charge is 2.25. The Bertz CT molecular complexity index is 635. The molecule has 1 aliphatic carbocycles. The highest BCUT2D eigenvalue weighted by Crippen LogP contribution is 2.30. The van der Waals surface area contributed by atoms with Crippen LogP contribution in [0.4, 0.5) is 5.69 Å². The van der Waals surface area contributed by atoms with E-state index in [0.717, 1.165) is 56.9 Å². The molecule has 1 aliphatic heterocycles. The fourth-order valence-electron chi connectivity index (χ4n) is 4.35. The van der Waals surface area contributed by atoms with Gasteiger partial charge >= 0.3 is 0 Å². The Morgan fingerprint density at radius 2 is 2.00 bits per heavy atom. The van der Waals surface area contributed by atoms with Crippen molar-refractivity contribution in [3.05, 3.63) is 24.3 Å². The summed E-state index contributed by atoms with van der Waals surface area (Å²) < 4.78 is 5.53. The van der Waals surface area contributed by atoms with Gasteiger partial charge in [-0.1, -0.05) is 25.0 Å². The van der Waals surface area contributed by atoms with E-state index in [2.05, 4.69) is 46.5 Å². The number of anilines is 1. The summed E-state index contributed by atoms with van der Waals surface area (Å²) in [4.78, 5) is 9.71. The predicted molar refractivity (Wildman–Crippen MR) is 133 cm³/mol. The van der Waals surface area contributed by atoms with Gasteiger partial charge in [-0.05, 0) is 45.4 Å². The average molecular weight is 515 g/mol. The number of likely N-dealkylation sites (N-methyl/N-ethyl adjacent to an activating group) is 1. The monoisotopic (exact) mass is 515 g/mol. The second-order valence-electron chi connectivity index (χ2n) is 7.93. The van der Waals surface area contributed by atoms with E-state index in [1.807, 2.05) is 12.1 Å². The minimum absolute atomic E-state index is 0. The maximum Gasteiger partial charge on any atom is 0.191 e. The van der Waals surface area contributed by atoms with Crippen molar-refractivity contribution in [2.75, 3.05) is 51.8 Å². The molecule has 7 heteroatoms. The molecule has 1 saturated carbocycles. The van der Waals surface area contributed by atoms with Crippen LogP contribution in [-0.4, -0.2) is 69.8 Å². The third-order valence-electron chi connectivity index (χ3n) is 5.97. The normalized spacial score (nSPS) is 20.1. The molecule has 0 aromatic heterocycles. The van der Waals surface area contributed by atoms with Gasteiger partial charge in [-0.25, -0.2) is 0 Å². The zero-order valence-corrected chi connectivity index (χ0v) is 20.5. The third kappa shape index (κ3) is 6.91. The minimum atomic E-state index is 0. The molecular formula is C22H38IN5O. The van der Waals surface area contributed by atoms with Gasteiger partial charge in [-0.3, -0.25) is 4.99 Å². The Kier molecular flexibility index (Phi) is 10.3. The number of guanidine groups is 1. The summed E-state index contributed by atoms with van der Waals surface area (Å²) in [6, 6.07) is 9.42. The van der Waals surface area contributed by atoms with Crippen molar-refractivity contribution in [3.63, 3.8) is 0 Å². The molecule has 1 aromatic rings. The number of halogens is 1. The maximum absolute atomic E-state index is 5.53. The van der Waals surface area contributed by atoms with Crippen LogP contribution in [0.3, 0.4) is 0 Å². The first-order valence-electron chi connectivity index (χ1n) is 10.8. The van der Waals surface area contributed by atoms with Crippen LogP contribution in [0.25, 0.3) is 0 Å². The lowest BCUT2D eigenvalue weighted by molar-refractivity contribution is 0.252. The van der Waals surface area contributed by atoms with Crippen LogP contribution >= 0.6 is 24.0 Å². The fraction of sp³-hybridized carbons (Fsp3) is 0.682. The van der Waals surface area contributed by atoms with Crippen LogP contribution in [0, 0.1) is 0 Å². The van der Waals surface area contributed by atoms with Gasteiger partial charge in [0.25, 0.3) is 0 Å². The predicted octanol–water partition coefficient (Wildman–Crippen LogP) is 3.32. The summed E-state index contributed by atoms with van der Waals surface area (Å²) in [5.41, 5.74) is 1.18. The van der Waals surface area contributed by atoms with Gasteiger partial charge in [0.15, 0.2) is 5.96 Å². The molecule has 1 saturated heterocycles. The number of hydrogen-bond acceptors (Lipinski definition) is 4. The Balaban J connectivity index is 0.00000300. The van der Waals surface area contributed by atoms with E-state index >= 15 is 0 Å². The molecule has 0 spiro atoms. The van der Waals surface area contributed by atoms with Crippen molar-refractivity contribution in [1.29, 1.82) is 0 Å². The molecule has 1 aromatic carbocycles. The third-order valence-corrected chi connectivity index (χ3v) is 5.97. The number of methoxy groups -OCH3 is 1. The number of nitrogens with one attached hydrogen (secondary N) is 2. The number of aliphatic imine (C=N–C) groups is 1. The molecule has 3 rings (SSSR count). The van der Waals surface area contributed by atoms with Crippen LogP contribution in [-0.2, 0) is 0 Å². The largest absolute Gasteiger partial charge is 0.495 e. The van der Waals surface area contributed by atoms with Crippen LogP contribution < -0.4 is 20.3 Å². The van der Waals surface area contributed by atoms with Crippen molar-refractivity contribution < 1.29 is 4.74 Å². The van der Waals surface area contributed by atoms with Gasteiger partial charge < -0.3 is 25.2 Å². The zero-order valence-electron chi connectivity index (χ0n) is 18.2. The van der Waals surface area contributed by atoms with Crippen LogP contribution in [0.2, 0.25) is 0 Å². The van der Waals surface area contributed by atoms with Crippen molar-refractivity contribution in [2.24, 2.45) is 4.99 Å². The molecule has 1 heterocycles. The van der Waals surface area contributed by atoms with Crippen molar-refractivity contribution >= 4 is 35.6 Å². The van der Waals surface area contributed by atoms with E-state index < -0.39 is 0 Å².